The van der Waals surface area contributed by atoms with Crippen LogP contribution in [0.1, 0.15) is 0 Å². The summed E-state index contributed by atoms with van der Waals surface area (Å²) in [5, 5.41) is 14.8. The lowest BCUT2D eigenvalue weighted by atomic mass is 10.1. The van der Waals surface area contributed by atoms with Gasteiger partial charge in [0.2, 0.25) is 5.43 Å². The van der Waals surface area contributed by atoms with Gasteiger partial charge in [0, 0.05) is 11.6 Å². The predicted octanol–water partition coefficient (Wildman–Crippen LogP) is 5.03. The van der Waals surface area contributed by atoms with E-state index in [9.17, 15) is 9.90 Å². The van der Waals surface area contributed by atoms with E-state index < -0.39 is 0 Å². The highest BCUT2D eigenvalue weighted by molar-refractivity contribution is 5.83. The maximum Gasteiger partial charge on any atom is 0.202 e. The van der Waals surface area contributed by atoms with Crippen LogP contribution in [0.2, 0.25) is 0 Å². The van der Waals surface area contributed by atoms with E-state index in [4.69, 9.17) is 14.3 Å². The van der Waals surface area contributed by atoms with Crippen LogP contribution in [0.5, 0.6) is 11.5 Å². The average Bonchev–Trinajstić information content (AvgIpc) is 3.25. The molecule has 0 radical (unpaired) electrons. The molecular weight excluding hydrogens is 392 g/mol. The third-order valence-electron chi connectivity index (χ3n) is 5.13. The molecule has 3 aromatic carbocycles. The van der Waals surface area contributed by atoms with Crippen molar-refractivity contribution in [2.45, 2.75) is 0 Å². The van der Waals surface area contributed by atoms with Gasteiger partial charge in [0.05, 0.1) is 35.1 Å². The van der Waals surface area contributed by atoms with E-state index >= 15 is 0 Å². The lowest BCUT2D eigenvalue weighted by Crippen LogP contribution is -2.08. The van der Waals surface area contributed by atoms with Crippen LogP contribution in [0.15, 0.2) is 94.3 Å². The number of rotatable bonds is 4. The molecule has 0 aliphatic rings. The fraction of sp³-hybridized carbons (Fsp3) is 0.0400. The van der Waals surface area contributed by atoms with Gasteiger partial charge in [0.1, 0.15) is 23.3 Å². The van der Waals surface area contributed by atoms with Gasteiger partial charge in [-0.3, -0.25) is 4.79 Å². The normalized spacial score (nSPS) is 11.0. The number of phenols is 1. The third-order valence-corrected chi connectivity index (χ3v) is 5.13. The molecule has 0 aliphatic carbocycles. The molecule has 5 rings (SSSR count). The largest absolute Gasteiger partial charge is 0.508 e. The van der Waals surface area contributed by atoms with Crippen LogP contribution in [0, 0.1) is 0 Å². The first kappa shape index (κ1) is 18.7. The summed E-state index contributed by atoms with van der Waals surface area (Å²) < 4.78 is 12.7. The van der Waals surface area contributed by atoms with E-state index in [2.05, 4.69) is 0 Å². The summed E-state index contributed by atoms with van der Waals surface area (Å²) in [6, 6.07) is 23.5. The second kappa shape index (κ2) is 7.50. The molecule has 152 valence electrons. The molecule has 0 unspecified atom stereocenters. The maximum atomic E-state index is 13.3. The number of nitrogens with zero attached hydrogens (tertiary/aromatic N) is 2. The van der Waals surface area contributed by atoms with Crippen molar-refractivity contribution in [3.05, 3.63) is 95.3 Å². The molecule has 0 atom stereocenters. The number of hydrogen-bond donors (Lipinski definition) is 1. The quantitative estimate of drug-likeness (QED) is 0.450. The molecule has 6 heteroatoms. The molecule has 31 heavy (non-hydrogen) atoms. The molecule has 0 amide bonds. The van der Waals surface area contributed by atoms with Crippen LogP contribution in [-0.4, -0.2) is 22.0 Å². The topological polar surface area (TPSA) is 77.5 Å². The maximum absolute atomic E-state index is 13.3. The fourth-order valence-corrected chi connectivity index (χ4v) is 3.54. The Kier molecular flexibility index (Phi) is 4.52. The minimum Gasteiger partial charge on any atom is -0.508 e. The smallest absolute Gasteiger partial charge is 0.202 e. The second-order valence-electron chi connectivity index (χ2n) is 7.05. The molecule has 0 bridgehead atoms. The summed E-state index contributed by atoms with van der Waals surface area (Å²) in [6.45, 7) is 0. The van der Waals surface area contributed by atoms with E-state index in [-0.39, 0.29) is 11.2 Å². The summed E-state index contributed by atoms with van der Waals surface area (Å²) >= 11 is 0. The van der Waals surface area contributed by atoms with Crippen molar-refractivity contribution in [3.8, 4) is 39.7 Å². The van der Waals surface area contributed by atoms with Crippen LogP contribution >= 0.6 is 0 Å². The van der Waals surface area contributed by atoms with Gasteiger partial charge in [-0.1, -0.05) is 18.2 Å². The summed E-state index contributed by atoms with van der Waals surface area (Å²) in [5.74, 6) is 0.796. The van der Waals surface area contributed by atoms with Gasteiger partial charge in [0.25, 0.3) is 0 Å². The Labute approximate surface area is 177 Å². The van der Waals surface area contributed by atoms with Crippen LogP contribution in [0.3, 0.4) is 0 Å². The number of benzene rings is 3. The Morgan fingerprint density at radius 1 is 0.968 bits per heavy atom. The van der Waals surface area contributed by atoms with Crippen molar-refractivity contribution >= 4 is 11.0 Å². The van der Waals surface area contributed by atoms with Crippen molar-refractivity contribution < 1.29 is 14.3 Å². The zero-order chi connectivity index (χ0) is 21.4. The Morgan fingerprint density at radius 2 is 1.74 bits per heavy atom. The van der Waals surface area contributed by atoms with Gasteiger partial charge in [-0.15, -0.1) is 0 Å². The number of hydrogen-bond acceptors (Lipinski definition) is 5. The molecule has 0 fully saturated rings. The number of phenolic OH excluding ortho intramolecular Hbond substituents is 1. The van der Waals surface area contributed by atoms with Gasteiger partial charge in [-0.2, -0.15) is 5.10 Å². The highest BCUT2D eigenvalue weighted by Gasteiger charge is 2.18. The summed E-state index contributed by atoms with van der Waals surface area (Å²) in [6.07, 6.45) is 1.42. The molecule has 0 saturated carbocycles. The van der Waals surface area contributed by atoms with Gasteiger partial charge >= 0.3 is 0 Å². The van der Waals surface area contributed by atoms with Crippen molar-refractivity contribution in [1.82, 2.24) is 9.78 Å². The number of fused-ring (bicyclic) bond motifs is 1. The van der Waals surface area contributed by atoms with Gasteiger partial charge < -0.3 is 14.3 Å². The highest BCUT2D eigenvalue weighted by Crippen LogP contribution is 2.29. The second-order valence-corrected chi connectivity index (χ2v) is 7.05. The Balaban J connectivity index is 1.73. The summed E-state index contributed by atoms with van der Waals surface area (Å²) in [7, 11) is 1.62. The monoisotopic (exact) mass is 410 g/mol. The van der Waals surface area contributed by atoms with Crippen LogP contribution < -0.4 is 10.2 Å². The summed E-state index contributed by atoms with van der Waals surface area (Å²) in [5.41, 5.74) is 3.56. The van der Waals surface area contributed by atoms with E-state index in [1.165, 1.54) is 18.4 Å². The molecule has 6 nitrogen and oxygen atoms in total. The molecule has 2 aromatic heterocycles. The number of ether oxygens (including phenoxy) is 1. The standard InChI is InChI=1S/C25H18N2O4/c1-30-19-10-7-16(8-11-19)22-14-23(27(26-22)17-5-3-2-4-6-17)21-15-31-24-13-18(28)9-12-20(24)25(21)29/h2-15,28H,1H3. The van der Waals surface area contributed by atoms with Crippen molar-refractivity contribution in [2.24, 2.45) is 0 Å². The zero-order valence-electron chi connectivity index (χ0n) is 16.6. The third kappa shape index (κ3) is 3.34. The molecule has 0 aliphatic heterocycles. The van der Waals surface area contributed by atoms with Crippen molar-refractivity contribution in [1.29, 1.82) is 0 Å². The first-order valence-corrected chi connectivity index (χ1v) is 9.69. The molecule has 2 heterocycles. The van der Waals surface area contributed by atoms with Gasteiger partial charge in [-0.25, -0.2) is 4.68 Å². The van der Waals surface area contributed by atoms with Crippen LogP contribution in [0.25, 0.3) is 39.2 Å². The molecule has 0 spiro atoms. The summed E-state index contributed by atoms with van der Waals surface area (Å²) in [4.78, 5) is 13.3. The number of aromatic nitrogens is 2. The Morgan fingerprint density at radius 3 is 2.48 bits per heavy atom. The lowest BCUT2D eigenvalue weighted by molar-refractivity contribution is 0.415. The first-order chi connectivity index (χ1) is 15.1. The van der Waals surface area contributed by atoms with Crippen LogP contribution in [-0.2, 0) is 0 Å². The predicted molar refractivity (Wildman–Crippen MR) is 119 cm³/mol. The number of para-hydroxylation sites is 1. The fourth-order valence-electron chi connectivity index (χ4n) is 3.54. The Hall–Kier alpha value is -4.32. The molecule has 0 saturated heterocycles. The van der Waals surface area contributed by atoms with Gasteiger partial charge in [0.15, 0.2) is 0 Å². The van der Waals surface area contributed by atoms with E-state index in [1.54, 1.807) is 17.9 Å². The van der Waals surface area contributed by atoms with E-state index in [0.717, 1.165) is 17.0 Å². The minimum atomic E-state index is -0.195. The molecule has 1 N–H and O–H groups in total. The zero-order valence-corrected chi connectivity index (χ0v) is 16.6. The van der Waals surface area contributed by atoms with E-state index in [0.29, 0.717) is 27.9 Å². The highest BCUT2D eigenvalue weighted by atomic mass is 16.5. The number of aromatic hydroxyl groups is 1. The van der Waals surface area contributed by atoms with Crippen LogP contribution in [0.4, 0.5) is 0 Å². The Bertz CT molecular complexity index is 1430. The molecule has 5 aromatic rings. The first-order valence-electron chi connectivity index (χ1n) is 9.69. The minimum absolute atomic E-state index is 0.0412. The molecular formula is C25H18N2O4. The SMILES string of the molecule is COc1ccc(-c2cc(-c3coc4cc(O)ccc4c3=O)n(-c3ccccc3)n2)cc1. The van der Waals surface area contributed by atoms with E-state index in [1.807, 2.05) is 60.7 Å². The van der Waals surface area contributed by atoms with Gasteiger partial charge in [-0.05, 0) is 54.6 Å². The lowest BCUT2D eigenvalue weighted by Gasteiger charge is -2.07. The average molecular weight is 410 g/mol. The van der Waals surface area contributed by atoms with Crippen molar-refractivity contribution in [2.75, 3.05) is 7.11 Å². The van der Waals surface area contributed by atoms with Crippen molar-refractivity contribution in [3.63, 3.8) is 0 Å². The number of methoxy groups -OCH3 is 1.